The summed E-state index contributed by atoms with van der Waals surface area (Å²) in [6.45, 7) is 0.212. The molecule has 0 amide bonds. The molecule has 2 N–H and O–H groups in total. The van der Waals surface area contributed by atoms with Gasteiger partial charge in [0.1, 0.15) is 24.3 Å². The van der Waals surface area contributed by atoms with Crippen LogP contribution in [0.3, 0.4) is 0 Å². The highest BCUT2D eigenvalue weighted by Gasteiger charge is 2.13. The topological polar surface area (TPSA) is 58.9 Å². The number of hydrogen-bond donors (Lipinski definition) is 2. The van der Waals surface area contributed by atoms with E-state index in [1.54, 1.807) is 0 Å². The highest BCUT2D eigenvalue weighted by Crippen LogP contribution is 2.25. The molecule has 0 saturated carbocycles. The highest BCUT2D eigenvalue weighted by molar-refractivity contribution is 5.35. The zero-order chi connectivity index (χ0) is 12.0. The molecule has 4 nitrogen and oxygen atoms in total. The Morgan fingerprint density at radius 2 is 2.12 bits per heavy atom. The fourth-order valence-corrected chi connectivity index (χ4v) is 1.24. The number of ether oxygens (including phenoxy) is 2. The second-order valence-electron chi connectivity index (χ2n) is 3.22. The van der Waals surface area contributed by atoms with E-state index < -0.39 is 18.5 Å². The minimum absolute atomic E-state index is 0.235. The Bertz CT molecular complexity index is 330. The van der Waals surface area contributed by atoms with Crippen molar-refractivity contribution >= 4 is 0 Å². The standard InChI is InChI=1S/C11H15FO4/c1-15-4-5-16-11-3-2-8(12)6-9(11)10(14)7-13/h2-3,6,10,13-14H,4-5,7H2,1H3. The van der Waals surface area contributed by atoms with Crippen molar-refractivity contribution in [2.45, 2.75) is 6.10 Å². The van der Waals surface area contributed by atoms with E-state index in [9.17, 15) is 9.50 Å². The van der Waals surface area contributed by atoms with Crippen LogP contribution in [0, 0.1) is 5.82 Å². The van der Waals surface area contributed by atoms with E-state index >= 15 is 0 Å². The van der Waals surface area contributed by atoms with E-state index in [1.165, 1.54) is 19.2 Å². The first-order valence-corrected chi connectivity index (χ1v) is 4.89. The minimum atomic E-state index is -1.15. The molecule has 1 aromatic rings. The zero-order valence-corrected chi connectivity index (χ0v) is 9.02. The molecule has 90 valence electrons. The lowest BCUT2D eigenvalue weighted by Crippen LogP contribution is -2.10. The molecule has 0 fully saturated rings. The Labute approximate surface area is 93.2 Å². The largest absolute Gasteiger partial charge is 0.491 e. The van der Waals surface area contributed by atoms with Crippen molar-refractivity contribution in [3.8, 4) is 5.75 Å². The van der Waals surface area contributed by atoms with Crippen LogP contribution >= 0.6 is 0 Å². The van der Waals surface area contributed by atoms with Crippen LogP contribution in [-0.2, 0) is 4.74 Å². The van der Waals surface area contributed by atoms with Crippen LogP contribution in [-0.4, -0.2) is 37.1 Å². The van der Waals surface area contributed by atoms with Gasteiger partial charge in [-0.05, 0) is 18.2 Å². The van der Waals surface area contributed by atoms with Gasteiger partial charge in [0.25, 0.3) is 0 Å². The fourth-order valence-electron chi connectivity index (χ4n) is 1.24. The van der Waals surface area contributed by atoms with Crippen LogP contribution in [0.4, 0.5) is 4.39 Å². The second-order valence-corrected chi connectivity index (χ2v) is 3.22. The molecular weight excluding hydrogens is 215 g/mol. The monoisotopic (exact) mass is 230 g/mol. The van der Waals surface area contributed by atoms with Crippen LogP contribution in [0.25, 0.3) is 0 Å². The average molecular weight is 230 g/mol. The van der Waals surface area contributed by atoms with Crippen molar-refractivity contribution < 1.29 is 24.1 Å². The van der Waals surface area contributed by atoms with Crippen molar-refractivity contribution in [1.29, 1.82) is 0 Å². The first-order valence-electron chi connectivity index (χ1n) is 4.89. The van der Waals surface area contributed by atoms with Crippen LogP contribution in [0.15, 0.2) is 18.2 Å². The first-order chi connectivity index (χ1) is 7.69. The lowest BCUT2D eigenvalue weighted by molar-refractivity contribution is 0.0901. The zero-order valence-electron chi connectivity index (χ0n) is 9.02. The number of rotatable bonds is 6. The molecule has 0 saturated heterocycles. The number of aliphatic hydroxyl groups is 2. The summed E-state index contributed by atoms with van der Waals surface area (Å²) in [6, 6.07) is 3.79. The average Bonchev–Trinajstić information content (AvgIpc) is 2.30. The molecule has 0 aliphatic carbocycles. The molecule has 1 aromatic carbocycles. The highest BCUT2D eigenvalue weighted by atomic mass is 19.1. The molecule has 1 atom stereocenters. The number of benzene rings is 1. The summed E-state index contributed by atoms with van der Waals surface area (Å²) in [5, 5.41) is 18.3. The van der Waals surface area contributed by atoms with Gasteiger partial charge in [-0.25, -0.2) is 4.39 Å². The van der Waals surface area contributed by atoms with E-state index in [4.69, 9.17) is 14.6 Å². The van der Waals surface area contributed by atoms with Crippen molar-refractivity contribution in [2.75, 3.05) is 26.9 Å². The number of halogens is 1. The molecule has 0 bridgehead atoms. The molecule has 1 unspecified atom stereocenters. The van der Waals surface area contributed by atoms with Gasteiger partial charge >= 0.3 is 0 Å². The van der Waals surface area contributed by atoms with Crippen LogP contribution in [0.1, 0.15) is 11.7 Å². The van der Waals surface area contributed by atoms with Gasteiger partial charge < -0.3 is 19.7 Å². The summed E-state index contributed by atoms with van der Waals surface area (Å²) >= 11 is 0. The SMILES string of the molecule is COCCOc1ccc(F)cc1C(O)CO. The molecule has 0 aromatic heterocycles. The summed E-state index contributed by atoms with van der Waals surface area (Å²) in [6.07, 6.45) is -1.15. The molecule has 0 aliphatic heterocycles. The smallest absolute Gasteiger partial charge is 0.125 e. The van der Waals surface area contributed by atoms with Gasteiger partial charge in [-0.15, -0.1) is 0 Å². The van der Waals surface area contributed by atoms with E-state index in [0.29, 0.717) is 19.0 Å². The van der Waals surface area contributed by atoms with Gasteiger partial charge in [-0.1, -0.05) is 0 Å². The Hall–Kier alpha value is -1.17. The maximum Gasteiger partial charge on any atom is 0.125 e. The van der Waals surface area contributed by atoms with Gasteiger partial charge in [0.2, 0.25) is 0 Å². The van der Waals surface area contributed by atoms with Gasteiger partial charge in [-0.2, -0.15) is 0 Å². The molecular formula is C11H15FO4. The summed E-state index contributed by atoms with van der Waals surface area (Å²) in [4.78, 5) is 0. The molecule has 16 heavy (non-hydrogen) atoms. The Balaban J connectivity index is 2.80. The van der Waals surface area contributed by atoms with E-state index in [0.717, 1.165) is 6.07 Å². The number of aliphatic hydroxyl groups excluding tert-OH is 2. The lowest BCUT2D eigenvalue weighted by atomic mass is 10.1. The van der Waals surface area contributed by atoms with Crippen molar-refractivity contribution in [3.63, 3.8) is 0 Å². The van der Waals surface area contributed by atoms with Crippen LogP contribution < -0.4 is 4.74 Å². The Kier molecular flexibility index (Phi) is 5.18. The maximum absolute atomic E-state index is 13.0. The summed E-state index contributed by atoms with van der Waals surface area (Å²) in [7, 11) is 1.54. The predicted octanol–water partition coefficient (Wildman–Crippen LogP) is 0.877. The summed E-state index contributed by atoms with van der Waals surface area (Å²) < 4.78 is 23.1. The third-order valence-electron chi connectivity index (χ3n) is 2.05. The van der Waals surface area contributed by atoms with Crippen molar-refractivity contribution in [1.82, 2.24) is 0 Å². The molecule has 1 rings (SSSR count). The third-order valence-corrected chi connectivity index (χ3v) is 2.05. The van der Waals surface area contributed by atoms with Crippen molar-refractivity contribution in [2.24, 2.45) is 0 Å². The lowest BCUT2D eigenvalue weighted by Gasteiger charge is -2.14. The minimum Gasteiger partial charge on any atom is -0.491 e. The Morgan fingerprint density at radius 1 is 1.38 bits per heavy atom. The number of methoxy groups -OCH3 is 1. The quantitative estimate of drug-likeness (QED) is 0.712. The van der Waals surface area contributed by atoms with E-state index in [2.05, 4.69) is 0 Å². The Morgan fingerprint density at radius 3 is 2.75 bits per heavy atom. The van der Waals surface area contributed by atoms with E-state index in [1.807, 2.05) is 0 Å². The van der Waals surface area contributed by atoms with Crippen LogP contribution in [0.5, 0.6) is 5.75 Å². The van der Waals surface area contributed by atoms with E-state index in [-0.39, 0.29) is 5.56 Å². The molecule has 0 aliphatic rings. The van der Waals surface area contributed by atoms with Crippen molar-refractivity contribution in [3.05, 3.63) is 29.6 Å². The van der Waals surface area contributed by atoms with Crippen LogP contribution in [0.2, 0.25) is 0 Å². The normalized spacial score (nSPS) is 12.5. The second kappa shape index (κ2) is 6.42. The fraction of sp³-hybridized carbons (Fsp3) is 0.455. The third kappa shape index (κ3) is 3.44. The maximum atomic E-state index is 13.0. The predicted molar refractivity (Wildman–Crippen MR) is 55.8 cm³/mol. The van der Waals surface area contributed by atoms with Gasteiger partial charge in [0.15, 0.2) is 0 Å². The summed E-state index contributed by atoms with van der Waals surface area (Å²) in [5.74, 6) is -0.137. The van der Waals surface area contributed by atoms with Gasteiger partial charge in [0.05, 0.1) is 13.2 Å². The molecule has 0 radical (unpaired) electrons. The number of hydrogen-bond acceptors (Lipinski definition) is 4. The molecule has 0 spiro atoms. The molecule has 0 heterocycles. The summed E-state index contributed by atoms with van der Waals surface area (Å²) in [5.41, 5.74) is 0.235. The first kappa shape index (κ1) is 12.9. The molecule has 5 heteroatoms. The van der Waals surface area contributed by atoms with Gasteiger partial charge in [0, 0.05) is 12.7 Å². The van der Waals surface area contributed by atoms with Gasteiger partial charge in [-0.3, -0.25) is 0 Å².